The molecular formula is C12H9ClN2O3S. The number of amides is 1. The van der Waals surface area contributed by atoms with Gasteiger partial charge in [0.05, 0.1) is 33.8 Å². The lowest BCUT2D eigenvalue weighted by molar-refractivity contribution is 0.0602. The van der Waals surface area contributed by atoms with Crippen LogP contribution in [0.1, 0.15) is 20.0 Å². The molecule has 2 aromatic heterocycles. The van der Waals surface area contributed by atoms with Gasteiger partial charge in [-0.15, -0.1) is 11.3 Å². The maximum absolute atomic E-state index is 12.0. The molecule has 2 aromatic rings. The molecule has 7 heteroatoms. The number of ether oxygens (including phenoxy) is 1. The molecule has 19 heavy (non-hydrogen) atoms. The fourth-order valence-corrected chi connectivity index (χ4v) is 2.34. The minimum Gasteiger partial charge on any atom is -0.465 e. The van der Waals surface area contributed by atoms with E-state index < -0.39 is 5.97 Å². The third-order valence-electron chi connectivity index (χ3n) is 2.27. The molecule has 0 spiro atoms. The van der Waals surface area contributed by atoms with Crippen LogP contribution in [-0.2, 0) is 4.74 Å². The normalized spacial score (nSPS) is 10.0. The molecular weight excluding hydrogens is 288 g/mol. The Bertz CT molecular complexity index is 627. The van der Waals surface area contributed by atoms with Crippen LogP contribution in [0.3, 0.4) is 0 Å². The van der Waals surface area contributed by atoms with E-state index >= 15 is 0 Å². The number of hydrogen-bond donors (Lipinski definition) is 1. The first kappa shape index (κ1) is 13.5. The monoisotopic (exact) mass is 296 g/mol. The highest BCUT2D eigenvalue weighted by Crippen LogP contribution is 2.23. The van der Waals surface area contributed by atoms with Gasteiger partial charge >= 0.3 is 5.97 Å². The summed E-state index contributed by atoms with van der Waals surface area (Å²) in [5.41, 5.74) is 0.539. The molecule has 5 nitrogen and oxygen atoms in total. The van der Waals surface area contributed by atoms with Crippen molar-refractivity contribution in [2.45, 2.75) is 0 Å². The van der Waals surface area contributed by atoms with Gasteiger partial charge in [0.2, 0.25) is 0 Å². The quantitative estimate of drug-likeness (QED) is 0.884. The second-order valence-corrected chi connectivity index (χ2v) is 5.19. The minimum absolute atomic E-state index is 0.244. The molecule has 0 aliphatic heterocycles. The van der Waals surface area contributed by atoms with Crippen molar-refractivity contribution in [3.63, 3.8) is 0 Å². The summed E-state index contributed by atoms with van der Waals surface area (Å²) in [7, 11) is 1.27. The highest BCUT2D eigenvalue weighted by atomic mass is 35.5. The average molecular weight is 297 g/mol. The standard InChI is InChI=1S/C12H9ClN2O3S/c1-18-12(17)7-4-5-14-6-8(7)15-11(16)9-2-3-10(13)19-9/h2-6H,1H3,(H,15,16). The van der Waals surface area contributed by atoms with Gasteiger partial charge in [-0.05, 0) is 18.2 Å². The molecule has 0 fully saturated rings. The lowest BCUT2D eigenvalue weighted by Gasteiger charge is -2.07. The number of halogens is 1. The molecule has 1 N–H and O–H groups in total. The number of nitrogens with one attached hydrogen (secondary N) is 1. The van der Waals surface area contributed by atoms with Crippen LogP contribution in [-0.4, -0.2) is 24.0 Å². The molecule has 2 heterocycles. The number of hydrogen-bond acceptors (Lipinski definition) is 5. The summed E-state index contributed by atoms with van der Waals surface area (Å²) in [6.07, 6.45) is 2.84. The second-order valence-electron chi connectivity index (χ2n) is 3.47. The number of rotatable bonds is 3. The summed E-state index contributed by atoms with van der Waals surface area (Å²) < 4.78 is 5.15. The predicted octanol–water partition coefficient (Wildman–Crippen LogP) is 2.84. The Kier molecular flexibility index (Phi) is 4.13. The van der Waals surface area contributed by atoms with Gasteiger partial charge in [-0.3, -0.25) is 9.78 Å². The number of thiophene rings is 1. The van der Waals surface area contributed by atoms with Gasteiger partial charge < -0.3 is 10.1 Å². The zero-order valence-electron chi connectivity index (χ0n) is 9.84. The van der Waals surface area contributed by atoms with Crippen LogP contribution in [0.2, 0.25) is 4.34 Å². The first-order valence-electron chi connectivity index (χ1n) is 5.21. The summed E-state index contributed by atoms with van der Waals surface area (Å²) in [5.74, 6) is -0.892. The van der Waals surface area contributed by atoms with Crippen molar-refractivity contribution in [3.05, 3.63) is 45.4 Å². The molecule has 0 bridgehead atoms. The van der Waals surface area contributed by atoms with Crippen molar-refractivity contribution in [2.75, 3.05) is 12.4 Å². The van der Waals surface area contributed by atoms with Gasteiger partial charge in [-0.2, -0.15) is 0 Å². The van der Waals surface area contributed by atoms with E-state index in [9.17, 15) is 9.59 Å². The lowest BCUT2D eigenvalue weighted by atomic mass is 10.2. The summed E-state index contributed by atoms with van der Waals surface area (Å²) >= 11 is 6.92. The molecule has 98 valence electrons. The highest BCUT2D eigenvalue weighted by molar-refractivity contribution is 7.18. The number of nitrogens with zero attached hydrogens (tertiary/aromatic N) is 1. The van der Waals surface area contributed by atoms with E-state index in [1.165, 1.54) is 25.6 Å². The number of esters is 1. The Morgan fingerprint density at radius 3 is 2.79 bits per heavy atom. The molecule has 0 aromatic carbocycles. The Labute approximate surface area is 118 Å². The maximum Gasteiger partial charge on any atom is 0.340 e. The molecule has 2 rings (SSSR count). The van der Waals surface area contributed by atoms with Crippen LogP contribution >= 0.6 is 22.9 Å². The number of anilines is 1. The Balaban J connectivity index is 2.24. The SMILES string of the molecule is COC(=O)c1ccncc1NC(=O)c1ccc(Cl)s1. The van der Waals surface area contributed by atoms with Gasteiger partial charge in [0, 0.05) is 6.20 Å². The smallest absolute Gasteiger partial charge is 0.340 e. The Hall–Kier alpha value is -1.92. The second kappa shape index (κ2) is 5.81. The van der Waals surface area contributed by atoms with Crippen molar-refractivity contribution in [3.8, 4) is 0 Å². The van der Waals surface area contributed by atoms with Crippen molar-refractivity contribution in [1.82, 2.24) is 4.98 Å². The molecule has 0 aliphatic rings. The van der Waals surface area contributed by atoms with E-state index in [-0.39, 0.29) is 11.5 Å². The van der Waals surface area contributed by atoms with Crippen LogP contribution in [0.15, 0.2) is 30.6 Å². The number of carbonyl (C=O) groups is 2. The zero-order chi connectivity index (χ0) is 13.8. The van der Waals surface area contributed by atoms with Crippen LogP contribution in [0, 0.1) is 0 Å². The molecule has 0 unspecified atom stereocenters. The van der Waals surface area contributed by atoms with Gasteiger partial charge in [0.1, 0.15) is 0 Å². The van der Waals surface area contributed by atoms with Crippen LogP contribution in [0.25, 0.3) is 0 Å². The maximum atomic E-state index is 12.0. The minimum atomic E-state index is -0.540. The number of carbonyl (C=O) groups excluding carboxylic acids is 2. The highest BCUT2D eigenvalue weighted by Gasteiger charge is 2.15. The van der Waals surface area contributed by atoms with E-state index in [4.69, 9.17) is 11.6 Å². The summed E-state index contributed by atoms with van der Waals surface area (Å²) in [5, 5.41) is 2.60. The van der Waals surface area contributed by atoms with Gasteiger partial charge in [0.25, 0.3) is 5.91 Å². The van der Waals surface area contributed by atoms with Crippen molar-refractivity contribution in [2.24, 2.45) is 0 Å². The summed E-state index contributed by atoms with van der Waals surface area (Å²) in [6, 6.07) is 4.71. The van der Waals surface area contributed by atoms with E-state index in [2.05, 4.69) is 15.0 Å². The van der Waals surface area contributed by atoms with Crippen molar-refractivity contribution < 1.29 is 14.3 Å². The van der Waals surface area contributed by atoms with Crippen LogP contribution < -0.4 is 5.32 Å². The zero-order valence-corrected chi connectivity index (χ0v) is 11.4. The fourth-order valence-electron chi connectivity index (χ4n) is 1.40. The summed E-state index contributed by atoms with van der Waals surface area (Å²) in [4.78, 5) is 27.8. The number of aromatic nitrogens is 1. The topological polar surface area (TPSA) is 68.3 Å². The Morgan fingerprint density at radius 2 is 2.16 bits per heavy atom. The van der Waals surface area contributed by atoms with Gasteiger partial charge in [0.15, 0.2) is 0 Å². The first-order chi connectivity index (χ1) is 9.11. The van der Waals surface area contributed by atoms with Gasteiger partial charge in [-0.25, -0.2) is 4.79 Å². The third-order valence-corrected chi connectivity index (χ3v) is 3.50. The van der Waals surface area contributed by atoms with Crippen molar-refractivity contribution >= 4 is 40.5 Å². The molecule has 0 saturated heterocycles. The molecule has 0 saturated carbocycles. The van der Waals surface area contributed by atoms with E-state index in [0.29, 0.717) is 14.9 Å². The van der Waals surface area contributed by atoms with E-state index in [1.807, 2.05) is 0 Å². The fraction of sp³-hybridized carbons (Fsp3) is 0.0833. The number of methoxy groups -OCH3 is 1. The lowest BCUT2D eigenvalue weighted by Crippen LogP contribution is -2.14. The molecule has 0 aliphatic carbocycles. The Morgan fingerprint density at radius 1 is 1.37 bits per heavy atom. The van der Waals surface area contributed by atoms with E-state index in [0.717, 1.165) is 11.3 Å². The summed E-state index contributed by atoms with van der Waals surface area (Å²) in [6.45, 7) is 0. The van der Waals surface area contributed by atoms with Crippen LogP contribution in [0.5, 0.6) is 0 Å². The average Bonchev–Trinajstić information content (AvgIpc) is 2.85. The first-order valence-corrected chi connectivity index (χ1v) is 6.40. The third kappa shape index (κ3) is 3.10. The largest absolute Gasteiger partial charge is 0.465 e. The number of pyridine rings is 1. The molecule has 0 atom stereocenters. The van der Waals surface area contributed by atoms with Crippen LogP contribution in [0.4, 0.5) is 5.69 Å². The predicted molar refractivity (Wildman–Crippen MR) is 72.9 cm³/mol. The van der Waals surface area contributed by atoms with Crippen molar-refractivity contribution in [1.29, 1.82) is 0 Å². The van der Waals surface area contributed by atoms with E-state index in [1.54, 1.807) is 12.1 Å². The molecule has 1 amide bonds. The van der Waals surface area contributed by atoms with Gasteiger partial charge in [-0.1, -0.05) is 11.6 Å². The molecule has 0 radical (unpaired) electrons.